The van der Waals surface area contributed by atoms with E-state index in [1.807, 2.05) is 0 Å². The van der Waals surface area contributed by atoms with Crippen LogP contribution in [0.3, 0.4) is 0 Å². The Morgan fingerprint density at radius 1 is 1.43 bits per heavy atom. The van der Waals surface area contributed by atoms with Crippen molar-refractivity contribution in [3.63, 3.8) is 0 Å². The van der Waals surface area contributed by atoms with Gasteiger partial charge in [-0.2, -0.15) is 0 Å². The Kier molecular flexibility index (Phi) is 5.30. The van der Waals surface area contributed by atoms with Crippen molar-refractivity contribution in [1.29, 1.82) is 0 Å². The topological polar surface area (TPSA) is 79.7 Å². The number of carbonyl (C=O) groups is 2. The van der Waals surface area contributed by atoms with Crippen molar-refractivity contribution < 1.29 is 19.4 Å². The summed E-state index contributed by atoms with van der Waals surface area (Å²) in [6.07, 6.45) is 3.85. The van der Waals surface area contributed by atoms with Crippen LogP contribution in [0.2, 0.25) is 0 Å². The molecule has 1 saturated carbocycles. The van der Waals surface area contributed by atoms with E-state index in [2.05, 4.69) is 4.98 Å². The Morgan fingerprint density at radius 2 is 2.10 bits per heavy atom. The molecule has 1 amide bonds. The maximum absolute atomic E-state index is 12.7. The third-order valence-corrected chi connectivity index (χ3v) is 4.75. The van der Waals surface area contributed by atoms with Gasteiger partial charge in [-0.3, -0.25) is 9.59 Å². The monoisotopic (exact) mass is 312 g/mol. The first-order chi connectivity index (χ1) is 10.0. The number of carbonyl (C=O) groups excluding carboxylic acids is 1. The molecule has 0 aliphatic heterocycles. The van der Waals surface area contributed by atoms with Crippen molar-refractivity contribution in [2.75, 3.05) is 13.7 Å². The number of aryl methyl sites for hydroxylation is 1. The Balaban J connectivity index is 2.22. The van der Waals surface area contributed by atoms with Gasteiger partial charge in [0.15, 0.2) is 0 Å². The minimum Gasteiger partial charge on any atom is -0.480 e. The lowest BCUT2D eigenvalue weighted by Gasteiger charge is -2.27. The Hall–Kier alpha value is -1.47. The van der Waals surface area contributed by atoms with E-state index in [1.54, 1.807) is 14.0 Å². The fourth-order valence-electron chi connectivity index (χ4n) is 2.69. The molecule has 1 aromatic rings. The molecular weight excluding hydrogens is 292 g/mol. The molecule has 1 aromatic heterocycles. The maximum Gasteiger partial charge on any atom is 0.323 e. The molecule has 0 atom stereocenters. The molecule has 7 heteroatoms. The number of carboxylic acids is 1. The number of aromatic nitrogens is 1. The molecule has 0 aromatic carbocycles. The van der Waals surface area contributed by atoms with E-state index in [1.165, 1.54) is 16.2 Å². The zero-order chi connectivity index (χ0) is 15.4. The van der Waals surface area contributed by atoms with E-state index < -0.39 is 5.97 Å². The van der Waals surface area contributed by atoms with Gasteiger partial charge in [0.1, 0.15) is 16.4 Å². The SMILES string of the molecule is COCc1nc(C)c(C(=O)N(CC(=O)O)C2CCCC2)s1. The molecule has 1 aliphatic rings. The molecular formula is C14H20N2O4S. The fraction of sp³-hybridized carbons (Fsp3) is 0.643. The first kappa shape index (κ1) is 15.9. The van der Waals surface area contributed by atoms with Crippen molar-refractivity contribution in [3.8, 4) is 0 Å². The van der Waals surface area contributed by atoms with Crippen LogP contribution in [0.25, 0.3) is 0 Å². The third kappa shape index (κ3) is 3.79. The van der Waals surface area contributed by atoms with Crippen LogP contribution in [0, 0.1) is 6.92 Å². The quantitative estimate of drug-likeness (QED) is 0.870. The van der Waals surface area contributed by atoms with E-state index in [0.29, 0.717) is 17.2 Å². The van der Waals surface area contributed by atoms with E-state index >= 15 is 0 Å². The summed E-state index contributed by atoms with van der Waals surface area (Å²) in [4.78, 5) is 30.1. The van der Waals surface area contributed by atoms with Gasteiger partial charge >= 0.3 is 5.97 Å². The number of carboxylic acid groups (broad SMARTS) is 1. The number of amides is 1. The van der Waals surface area contributed by atoms with Crippen LogP contribution in [0.5, 0.6) is 0 Å². The molecule has 0 radical (unpaired) electrons. The molecule has 1 N–H and O–H groups in total. The first-order valence-corrected chi connectivity index (χ1v) is 7.82. The highest BCUT2D eigenvalue weighted by molar-refractivity contribution is 7.13. The molecule has 0 bridgehead atoms. The van der Waals surface area contributed by atoms with E-state index in [0.717, 1.165) is 30.7 Å². The number of hydrogen-bond donors (Lipinski definition) is 1. The average Bonchev–Trinajstić information content (AvgIpc) is 3.05. The van der Waals surface area contributed by atoms with Gasteiger partial charge in [0.2, 0.25) is 0 Å². The number of rotatable bonds is 6. The van der Waals surface area contributed by atoms with Crippen LogP contribution < -0.4 is 0 Å². The van der Waals surface area contributed by atoms with Crippen molar-refractivity contribution in [1.82, 2.24) is 9.88 Å². The lowest BCUT2D eigenvalue weighted by Crippen LogP contribution is -2.42. The van der Waals surface area contributed by atoms with Crippen molar-refractivity contribution in [3.05, 3.63) is 15.6 Å². The number of methoxy groups -OCH3 is 1. The molecule has 1 heterocycles. The molecule has 0 unspecified atom stereocenters. The Morgan fingerprint density at radius 3 is 2.67 bits per heavy atom. The fourth-order valence-corrected chi connectivity index (χ4v) is 3.69. The predicted octanol–water partition coefficient (Wildman–Crippen LogP) is 2.07. The van der Waals surface area contributed by atoms with Crippen LogP contribution in [-0.4, -0.2) is 46.6 Å². The number of thiazole rings is 1. The highest BCUT2D eigenvalue weighted by Gasteiger charge is 2.31. The normalized spacial score (nSPS) is 15.3. The Bertz CT molecular complexity index is 523. The van der Waals surface area contributed by atoms with Gasteiger partial charge in [-0.1, -0.05) is 12.8 Å². The largest absolute Gasteiger partial charge is 0.480 e. The van der Waals surface area contributed by atoms with E-state index in [4.69, 9.17) is 9.84 Å². The lowest BCUT2D eigenvalue weighted by molar-refractivity contribution is -0.138. The van der Waals surface area contributed by atoms with Crippen molar-refractivity contribution >= 4 is 23.2 Å². The second-order valence-corrected chi connectivity index (χ2v) is 6.30. The average molecular weight is 312 g/mol. The van der Waals surface area contributed by atoms with Crippen LogP contribution >= 0.6 is 11.3 Å². The van der Waals surface area contributed by atoms with E-state index in [9.17, 15) is 9.59 Å². The third-order valence-electron chi connectivity index (χ3n) is 3.63. The molecule has 1 fully saturated rings. The van der Waals surface area contributed by atoms with Crippen LogP contribution in [0.1, 0.15) is 46.1 Å². The highest BCUT2D eigenvalue weighted by Crippen LogP contribution is 2.27. The molecule has 21 heavy (non-hydrogen) atoms. The molecule has 2 rings (SSSR count). The minimum absolute atomic E-state index is 0.0287. The summed E-state index contributed by atoms with van der Waals surface area (Å²) in [5.74, 6) is -1.20. The van der Waals surface area contributed by atoms with Crippen molar-refractivity contribution in [2.45, 2.75) is 45.3 Å². The molecule has 0 spiro atoms. The van der Waals surface area contributed by atoms with Gasteiger partial charge in [0, 0.05) is 13.2 Å². The highest BCUT2D eigenvalue weighted by atomic mass is 32.1. The summed E-state index contributed by atoms with van der Waals surface area (Å²) in [6.45, 7) is 1.89. The summed E-state index contributed by atoms with van der Waals surface area (Å²) < 4.78 is 5.03. The van der Waals surface area contributed by atoms with Gasteiger partial charge in [0.05, 0.1) is 12.3 Å². The number of nitrogens with zero attached hydrogens (tertiary/aromatic N) is 2. The van der Waals surface area contributed by atoms with Crippen LogP contribution in [0.15, 0.2) is 0 Å². The van der Waals surface area contributed by atoms with Gasteiger partial charge < -0.3 is 14.7 Å². The summed E-state index contributed by atoms with van der Waals surface area (Å²) in [6, 6.07) is 0.0287. The molecule has 1 aliphatic carbocycles. The first-order valence-electron chi connectivity index (χ1n) is 7.01. The van der Waals surface area contributed by atoms with Crippen LogP contribution in [-0.2, 0) is 16.1 Å². The lowest BCUT2D eigenvalue weighted by atomic mass is 10.2. The number of hydrogen-bond acceptors (Lipinski definition) is 5. The summed E-state index contributed by atoms with van der Waals surface area (Å²) in [5.41, 5.74) is 0.644. The minimum atomic E-state index is -0.977. The van der Waals surface area contributed by atoms with Gasteiger partial charge in [-0.25, -0.2) is 4.98 Å². The summed E-state index contributed by atoms with van der Waals surface area (Å²) in [5, 5.41) is 9.81. The Labute approximate surface area is 127 Å². The summed E-state index contributed by atoms with van der Waals surface area (Å²) >= 11 is 1.29. The molecule has 0 saturated heterocycles. The number of aliphatic carboxylic acids is 1. The maximum atomic E-state index is 12.7. The van der Waals surface area contributed by atoms with Gasteiger partial charge in [-0.15, -0.1) is 11.3 Å². The standard InChI is InChI=1S/C14H20N2O4S/c1-9-13(21-11(15-9)8-20-2)14(19)16(7-12(17)18)10-5-3-4-6-10/h10H,3-8H2,1-2H3,(H,17,18). The second kappa shape index (κ2) is 7.00. The smallest absolute Gasteiger partial charge is 0.323 e. The molecule has 6 nitrogen and oxygen atoms in total. The van der Waals surface area contributed by atoms with E-state index in [-0.39, 0.29) is 18.5 Å². The van der Waals surface area contributed by atoms with Crippen molar-refractivity contribution in [2.24, 2.45) is 0 Å². The van der Waals surface area contributed by atoms with Gasteiger partial charge in [-0.05, 0) is 19.8 Å². The number of ether oxygens (including phenoxy) is 1. The zero-order valence-corrected chi connectivity index (χ0v) is 13.1. The van der Waals surface area contributed by atoms with Gasteiger partial charge in [0.25, 0.3) is 5.91 Å². The zero-order valence-electron chi connectivity index (χ0n) is 12.3. The molecule has 116 valence electrons. The second-order valence-electron chi connectivity index (χ2n) is 5.22. The van der Waals surface area contributed by atoms with Crippen LogP contribution in [0.4, 0.5) is 0 Å². The predicted molar refractivity (Wildman–Crippen MR) is 78.5 cm³/mol. The summed E-state index contributed by atoms with van der Waals surface area (Å²) in [7, 11) is 1.58.